The maximum atomic E-state index is 14.8. The second-order valence-corrected chi connectivity index (χ2v) is 17.5. The van der Waals surface area contributed by atoms with Crippen LogP contribution in [-0.2, 0) is 20.6 Å². The van der Waals surface area contributed by atoms with Gasteiger partial charge in [0.1, 0.15) is 74.6 Å². The van der Waals surface area contributed by atoms with Crippen LogP contribution in [0.2, 0.25) is 0 Å². The van der Waals surface area contributed by atoms with Crippen LogP contribution in [0.1, 0.15) is 37.4 Å². The van der Waals surface area contributed by atoms with Gasteiger partial charge in [-0.15, -0.1) is 0 Å². The quantitative estimate of drug-likeness (QED) is 0.0716. The number of benzene rings is 5. The fourth-order valence-electron chi connectivity index (χ4n) is 6.80. The van der Waals surface area contributed by atoms with E-state index in [1.165, 1.54) is 54.6 Å². The lowest BCUT2D eigenvalue weighted by molar-refractivity contribution is 0.0947. The Morgan fingerprint density at radius 2 is 1.03 bits per heavy atom. The number of nitrogens with one attached hydrogen (secondary N) is 3. The topological polar surface area (TPSA) is 186 Å². The molecule has 7 aromatic rings. The molecule has 2 amide bonds. The third-order valence-corrected chi connectivity index (χ3v) is 12.0. The molecule has 15 nitrogen and oxygen atoms in total. The van der Waals surface area contributed by atoms with E-state index in [-0.39, 0.29) is 52.2 Å². The Labute approximate surface area is 422 Å². The predicted octanol–water partition coefficient (Wildman–Crippen LogP) is 10.0. The molecule has 0 aliphatic rings. The zero-order chi connectivity index (χ0) is 50.1. The van der Waals surface area contributed by atoms with Gasteiger partial charge < -0.3 is 45.4 Å². The first-order valence-corrected chi connectivity index (χ1v) is 22.9. The number of amides is 2. The number of nitrogens with zero attached hydrogens (tertiary/aromatic N) is 2. The van der Waals surface area contributed by atoms with Gasteiger partial charge in [0.15, 0.2) is 0 Å². The molecule has 0 saturated heterocycles. The molecule has 0 aliphatic carbocycles. The highest BCUT2D eigenvalue weighted by molar-refractivity contribution is 14.1. The molecular weight excluding hydrogens is 1120 g/mol. The number of hydrogen-bond acceptors (Lipinski definition) is 11. The summed E-state index contributed by atoms with van der Waals surface area (Å²) < 4.78 is 60.9. The van der Waals surface area contributed by atoms with Crippen LogP contribution in [0.4, 0.5) is 31.8 Å². The molecule has 5 aromatic carbocycles. The van der Waals surface area contributed by atoms with Crippen LogP contribution < -0.4 is 56.5 Å². The highest BCUT2D eigenvalue weighted by Gasteiger charge is 2.25. The lowest BCUT2D eigenvalue weighted by Gasteiger charge is -2.20. The van der Waals surface area contributed by atoms with Crippen molar-refractivity contribution < 1.29 is 42.1 Å². The van der Waals surface area contributed by atoms with E-state index in [1.807, 2.05) is 57.3 Å². The first-order chi connectivity index (χ1) is 32.9. The van der Waals surface area contributed by atoms with E-state index >= 15 is 0 Å². The molecule has 0 saturated carbocycles. The van der Waals surface area contributed by atoms with E-state index in [0.717, 1.165) is 11.6 Å². The number of anilines is 4. The zero-order valence-corrected chi connectivity index (χ0v) is 42.6. The number of ether oxygens (including phenoxy) is 5. The first-order valence-electron chi connectivity index (χ1n) is 20.7. The van der Waals surface area contributed by atoms with Gasteiger partial charge in [-0.2, -0.15) is 0 Å². The fraction of sp³-hybridized carbons (Fsp3) is 0.160. The van der Waals surface area contributed by atoms with Gasteiger partial charge in [0.25, 0.3) is 22.9 Å². The Hall–Kier alpha value is -7.14. The van der Waals surface area contributed by atoms with Gasteiger partial charge >= 0.3 is 0 Å². The van der Waals surface area contributed by atoms with Crippen molar-refractivity contribution in [2.24, 2.45) is 19.8 Å². The van der Waals surface area contributed by atoms with Crippen LogP contribution in [0.25, 0.3) is 0 Å². The molecule has 5 N–H and O–H groups in total. The Morgan fingerprint density at radius 1 is 0.594 bits per heavy atom. The SMILES string of the molecule is COc1ccc(CNC(=O)c2c(Oc3cccc(OC)c3C)cc(=O)n(C)c2Nc2ccc(I)cc2F)cc1.COc1cccc(Oc2cc(=O)n(C)c(Nc3ccc(I)cc3F)c2C(N)=O)c1C. The third kappa shape index (κ3) is 12.1. The van der Waals surface area contributed by atoms with Crippen molar-refractivity contribution in [3.63, 3.8) is 0 Å². The number of rotatable bonds is 15. The van der Waals surface area contributed by atoms with E-state index in [2.05, 4.69) is 16.0 Å². The monoisotopic (exact) mass is 1170 g/mol. The Balaban J connectivity index is 0.000000235. The van der Waals surface area contributed by atoms with Crippen molar-refractivity contribution in [2.75, 3.05) is 32.0 Å². The molecule has 0 fully saturated rings. The number of nitrogens with two attached hydrogens (primary N) is 1. The zero-order valence-electron chi connectivity index (χ0n) is 38.3. The van der Waals surface area contributed by atoms with Crippen LogP contribution in [0, 0.1) is 32.6 Å². The molecule has 2 heterocycles. The minimum absolute atomic E-state index is 0.00936. The average molecular weight is 1170 g/mol. The van der Waals surface area contributed by atoms with Crippen LogP contribution in [0.5, 0.6) is 40.2 Å². The van der Waals surface area contributed by atoms with Gasteiger partial charge in [-0.25, -0.2) is 8.78 Å². The number of halogens is 4. The molecule has 69 heavy (non-hydrogen) atoms. The molecule has 0 aliphatic heterocycles. The van der Waals surface area contributed by atoms with Crippen LogP contribution >= 0.6 is 45.2 Å². The number of hydrogen-bond donors (Lipinski definition) is 4. The van der Waals surface area contributed by atoms with E-state index in [9.17, 15) is 28.0 Å². The van der Waals surface area contributed by atoms with Crippen molar-refractivity contribution in [2.45, 2.75) is 20.4 Å². The van der Waals surface area contributed by atoms with Crippen molar-refractivity contribution in [1.29, 1.82) is 0 Å². The van der Waals surface area contributed by atoms with Gasteiger partial charge in [0.2, 0.25) is 0 Å². The molecule has 0 radical (unpaired) electrons. The summed E-state index contributed by atoms with van der Waals surface area (Å²) in [4.78, 5) is 51.5. The molecule has 0 bridgehead atoms. The summed E-state index contributed by atoms with van der Waals surface area (Å²) in [5.74, 6) is 0.265. The minimum Gasteiger partial charge on any atom is -0.497 e. The summed E-state index contributed by atoms with van der Waals surface area (Å²) >= 11 is 3.99. The van der Waals surface area contributed by atoms with E-state index < -0.39 is 34.6 Å². The summed E-state index contributed by atoms with van der Waals surface area (Å²) in [7, 11) is 7.59. The van der Waals surface area contributed by atoms with Gasteiger partial charge in [-0.3, -0.25) is 28.3 Å². The largest absolute Gasteiger partial charge is 0.497 e. The summed E-state index contributed by atoms with van der Waals surface area (Å²) in [6, 6.07) is 29.1. The maximum Gasteiger partial charge on any atom is 0.259 e. The van der Waals surface area contributed by atoms with Crippen LogP contribution in [0.15, 0.2) is 119 Å². The van der Waals surface area contributed by atoms with Crippen molar-refractivity contribution in [1.82, 2.24) is 14.5 Å². The number of carbonyl (C=O) groups excluding carboxylic acids is 2. The summed E-state index contributed by atoms with van der Waals surface area (Å²) in [6.45, 7) is 3.78. The number of pyridine rings is 2. The molecule has 19 heteroatoms. The predicted molar refractivity (Wildman–Crippen MR) is 276 cm³/mol. The molecule has 0 unspecified atom stereocenters. The minimum atomic E-state index is -0.838. The highest BCUT2D eigenvalue weighted by Crippen LogP contribution is 2.37. The second-order valence-electron chi connectivity index (χ2n) is 15.0. The van der Waals surface area contributed by atoms with E-state index in [4.69, 9.17) is 29.4 Å². The van der Waals surface area contributed by atoms with Gasteiger partial charge in [-0.05, 0) is 137 Å². The lowest BCUT2D eigenvalue weighted by atomic mass is 10.1. The summed E-state index contributed by atoms with van der Waals surface area (Å²) in [5.41, 5.74) is 7.01. The highest BCUT2D eigenvalue weighted by atomic mass is 127. The van der Waals surface area contributed by atoms with Crippen LogP contribution in [0.3, 0.4) is 0 Å². The summed E-state index contributed by atoms with van der Waals surface area (Å²) in [6.07, 6.45) is 0. The van der Waals surface area contributed by atoms with Gasteiger partial charge in [-0.1, -0.05) is 24.3 Å². The molecule has 0 atom stereocenters. The van der Waals surface area contributed by atoms with Crippen molar-refractivity contribution >= 4 is 80.0 Å². The Kier molecular flexibility index (Phi) is 16.9. The molecular formula is C50H46F2I2N6O9. The molecule has 0 spiro atoms. The Bertz CT molecular complexity index is 3180. The fourth-order valence-corrected chi connectivity index (χ4v) is 7.71. The van der Waals surface area contributed by atoms with Crippen molar-refractivity contribution in [3.05, 3.63) is 176 Å². The number of methoxy groups -OCH3 is 3. The molecule has 358 valence electrons. The summed E-state index contributed by atoms with van der Waals surface area (Å²) in [5, 5.41) is 8.62. The average Bonchev–Trinajstić information content (AvgIpc) is 3.32. The number of primary amides is 1. The van der Waals surface area contributed by atoms with Crippen LogP contribution in [-0.4, -0.2) is 42.3 Å². The lowest BCUT2D eigenvalue weighted by Crippen LogP contribution is -2.29. The third-order valence-electron chi connectivity index (χ3n) is 10.6. The maximum absolute atomic E-state index is 14.8. The van der Waals surface area contributed by atoms with Crippen molar-refractivity contribution in [3.8, 4) is 40.2 Å². The number of aromatic nitrogens is 2. The van der Waals surface area contributed by atoms with E-state index in [0.29, 0.717) is 47.0 Å². The molecule has 2 aromatic heterocycles. The molecule has 7 rings (SSSR count). The van der Waals surface area contributed by atoms with Gasteiger partial charge in [0.05, 0.1) is 32.7 Å². The standard InChI is InChI=1S/C29H27FIN3O5.C21H19FIN3O4/c1-17-23(38-4)6-5-7-24(17)39-25-15-26(35)34(2)28(33-22-13-10-19(31)14-21(22)30)27(25)29(36)32-16-18-8-11-20(37-3)12-9-18;1-11-15(29-3)5-4-6-16(11)30-17-10-18(27)26(2)21(19(17)20(24)28)25-14-8-7-12(23)9-13(14)22/h5-15,33H,16H2,1-4H3,(H,32,36);4-10,25H,1-3H3,(H2,24,28). The smallest absolute Gasteiger partial charge is 0.259 e. The Morgan fingerprint density at radius 3 is 1.45 bits per heavy atom. The first kappa shape index (κ1) is 51.3. The second kappa shape index (κ2) is 22.8. The van der Waals surface area contributed by atoms with Gasteiger partial charge in [0, 0.05) is 51.0 Å². The van der Waals surface area contributed by atoms with E-state index in [1.54, 1.807) is 94.8 Å². The number of carbonyl (C=O) groups is 2. The normalized spacial score (nSPS) is 10.6.